The molecule has 1 aliphatic rings. The van der Waals surface area contributed by atoms with Gasteiger partial charge in [-0.25, -0.2) is 9.59 Å². The first-order valence-corrected chi connectivity index (χ1v) is 6.25. The van der Waals surface area contributed by atoms with Crippen molar-refractivity contribution in [1.82, 2.24) is 0 Å². The lowest BCUT2D eigenvalue weighted by molar-refractivity contribution is -0.147. The van der Waals surface area contributed by atoms with Crippen LogP contribution in [0.2, 0.25) is 0 Å². The van der Waals surface area contributed by atoms with E-state index in [0.29, 0.717) is 12.2 Å². The lowest BCUT2D eigenvalue weighted by atomic mass is 10.1. The Bertz CT molecular complexity index is 503. The van der Waals surface area contributed by atoms with E-state index in [-0.39, 0.29) is 6.42 Å². The smallest absolute Gasteiger partial charge is 0.415 e. The first-order valence-electron chi connectivity index (χ1n) is 5.46. The molecule has 1 N–H and O–H groups in total. The van der Waals surface area contributed by atoms with Crippen molar-refractivity contribution in [2.24, 2.45) is 0 Å². The second-order valence-corrected chi connectivity index (χ2v) is 4.96. The first kappa shape index (κ1) is 12.9. The van der Waals surface area contributed by atoms with E-state index >= 15 is 0 Å². The van der Waals surface area contributed by atoms with Gasteiger partial charge in [-0.2, -0.15) is 0 Å². The minimum Gasteiger partial charge on any atom is -0.479 e. The molecule has 2 rings (SSSR count). The van der Waals surface area contributed by atoms with Crippen molar-refractivity contribution in [2.75, 3.05) is 11.4 Å². The maximum Gasteiger partial charge on any atom is 0.415 e. The Morgan fingerprint density at radius 3 is 2.83 bits per heavy atom. The number of cyclic esters (lactones) is 1. The highest BCUT2D eigenvalue weighted by atomic mass is 79.9. The van der Waals surface area contributed by atoms with Gasteiger partial charge in [0.15, 0.2) is 0 Å². The lowest BCUT2D eigenvalue weighted by Gasteiger charge is -2.30. The molecule has 1 unspecified atom stereocenters. The topological polar surface area (TPSA) is 66.8 Å². The summed E-state index contributed by atoms with van der Waals surface area (Å²) in [5, 5.41) is 8.80. The minimum absolute atomic E-state index is 0.279. The molecule has 96 valence electrons. The highest BCUT2D eigenvalue weighted by Gasteiger charge is 2.33. The normalized spacial score (nSPS) is 19.6. The SMILES string of the molecule is Cc1ccc(N2CCC(C(=O)O)OC2=O)c(Br)c1. The number of hydrogen-bond donors (Lipinski definition) is 1. The zero-order valence-corrected chi connectivity index (χ0v) is 11.3. The summed E-state index contributed by atoms with van der Waals surface area (Å²) in [6, 6.07) is 5.59. The molecule has 0 aliphatic carbocycles. The van der Waals surface area contributed by atoms with Gasteiger partial charge in [0.05, 0.1) is 5.69 Å². The third-order valence-electron chi connectivity index (χ3n) is 2.75. The van der Waals surface area contributed by atoms with Crippen molar-refractivity contribution >= 4 is 33.7 Å². The Labute approximate surface area is 112 Å². The summed E-state index contributed by atoms with van der Waals surface area (Å²) < 4.78 is 5.65. The molecule has 18 heavy (non-hydrogen) atoms. The van der Waals surface area contributed by atoms with Crippen LogP contribution in [-0.4, -0.2) is 29.8 Å². The summed E-state index contributed by atoms with van der Waals surface area (Å²) in [6.45, 7) is 2.28. The predicted octanol–water partition coefficient (Wildman–Crippen LogP) is 2.56. The fourth-order valence-corrected chi connectivity index (χ4v) is 2.51. The molecule has 1 fully saturated rings. The highest BCUT2D eigenvalue weighted by Crippen LogP contribution is 2.30. The molecular weight excluding hydrogens is 302 g/mol. The molecule has 1 amide bonds. The number of carboxylic acid groups (broad SMARTS) is 1. The monoisotopic (exact) mass is 313 g/mol. The van der Waals surface area contributed by atoms with E-state index in [0.717, 1.165) is 10.0 Å². The molecular formula is C12H12BrNO4. The number of anilines is 1. The number of rotatable bonds is 2. The van der Waals surface area contributed by atoms with Crippen LogP contribution >= 0.6 is 15.9 Å². The standard InChI is InChI=1S/C12H12BrNO4/c1-7-2-3-9(8(13)6-7)14-5-4-10(11(15)16)18-12(14)17/h2-3,6,10H,4-5H2,1H3,(H,15,16). The number of halogens is 1. The van der Waals surface area contributed by atoms with Crippen LogP contribution in [0, 0.1) is 6.92 Å². The fourth-order valence-electron chi connectivity index (χ4n) is 1.81. The molecule has 5 nitrogen and oxygen atoms in total. The summed E-state index contributed by atoms with van der Waals surface area (Å²) >= 11 is 3.39. The van der Waals surface area contributed by atoms with Gasteiger partial charge >= 0.3 is 12.1 Å². The third-order valence-corrected chi connectivity index (χ3v) is 3.38. The molecule has 1 heterocycles. The van der Waals surface area contributed by atoms with Crippen molar-refractivity contribution in [2.45, 2.75) is 19.4 Å². The van der Waals surface area contributed by atoms with Crippen molar-refractivity contribution in [3.05, 3.63) is 28.2 Å². The predicted molar refractivity (Wildman–Crippen MR) is 68.7 cm³/mol. The number of aliphatic carboxylic acids is 1. The largest absolute Gasteiger partial charge is 0.479 e. The van der Waals surface area contributed by atoms with Crippen LogP contribution in [0.25, 0.3) is 0 Å². The van der Waals surface area contributed by atoms with Gasteiger partial charge in [-0.1, -0.05) is 6.07 Å². The first-order chi connectivity index (χ1) is 8.49. The molecule has 0 bridgehead atoms. The molecule has 6 heteroatoms. The van der Waals surface area contributed by atoms with Crippen LogP contribution < -0.4 is 4.90 Å². The van der Waals surface area contributed by atoms with E-state index in [1.165, 1.54) is 4.90 Å². The molecule has 0 aromatic heterocycles. The lowest BCUT2D eigenvalue weighted by Crippen LogP contribution is -2.45. The molecule has 1 atom stereocenters. The third kappa shape index (κ3) is 2.48. The van der Waals surface area contributed by atoms with Crippen LogP contribution in [0.5, 0.6) is 0 Å². The van der Waals surface area contributed by atoms with Crippen LogP contribution in [0.1, 0.15) is 12.0 Å². The summed E-state index contributed by atoms with van der Waals surface area (Å²) in [7, 11) is 0. The Hall–Kier alpha value is -1.56. The number of benzene rings is 1. The number of aryl methyl sites for hydroxylation is 1. The Balaban J connectivity index is 2.20. The van der Waals surface area contributed by atoms with E-state index in [4.69, 9.17) is 9.84 Å². The van der Waals surface area contributed by atoms with E-state index in [1.54, 1.807) is 0 Å². The van der Waals surface area contributed by atoms with Gasteiger partial charge in [0.25, 0.3) is 0 Å². The maximum atomic E-state index is 11.8. The molecule has 1 aromatic rings. The molecule has 0 radical (unpaired) electrons. The summed E-state index contributed by atoms with van der Waals surface area (Å²) in [5.41, 5.74) is 1.76. The van der Waals surface area contributed by atoms with Gasteiger partial charge in [-0.15, -0.1) is 0 Å². The second-order valence-electron chi connectivity index (χ2n) is 4.11. The van der Waals surface area contributed by atoms with Crippen molar-refractivity contribution in [3.63, 3.8) is 0 Å². The van der Waals surface area contributed by atoms with Gasteiger partial charge in [0, 0.05) is 17.4 Å². The average Bonchev–Trinajstić information content (AvgIpc) is 2.30. The molecule has 0 spiro atoms. The molecule has 1 aromatic carbocycles. The van der Waals surface area contributed by atoms with Gasteiger partial charge in [-0.05, 0) is 40.5 Å². The van der Waals surface area contributed by atoms with Gasteiger partial charge in [0.1, 0.15) is 0 Å². The number of nitrogens with zero attached hydrogens (tertiary/aromatic N) is 1. The fraction of sp³-hybridized carbons (Fsp3) is 0.333. The summed E-state index contributed by atoms with van der Waals surface area (Å²) in [4.78, 5) is 23.9. The van der Waals surface area contributed by atoms with Crippen LogP contribution in [0.4, 0.5) is 10.5 Å². The molecule has 1 aliphatic heterocycles. The molecule has 0 saturated carbocycles. The van der Waals surface area contributed by atoms with E-state index < -0.39 is 18.2 Å². The van der Waals surface area contributed by atoms with E-state index in [1.807, 2.05) is 25.1 Å². The highest BCUT2D eigenvalue weighted by molar-refractivity contribution is 9.10. The number of ether oxygens (including phenoxy) is 1. The van der Waals surface area contributed by atoms with Gasteiger partial charge in [0.2, 0.25) is 6.10 Å². The number of amides is 1. The average molecular weight is 314 g/mol. The summed E-state index contributed by atoms with van der Waals surface area (Å²) in [6.07, 6.45) is -1.39. The van der Waals surface area contributed by atoms with E-state index in [9.17, 15) is 9.59 Å². The van der Waals surface area contributed by atoms with Crippen molar-refractivity contribution < 1.29 is 19.4 Å². The van der Waals surface area contributed by atoms with Crippen LogP contribution in [0.15, 0.2) is 22.7 Å². The maximum absolute atomic E-state index is 11.8. The van der Waals surface area contributed by atoms with E-state index in [2.05, 4.69) is 15.9 Å². The Morgan fingerprint density at radius 1 is 1.56 bits per heavy atom. The minimum atomic E-state index is -1.11. The van der Waals surface area contributed by atoms with Gasteiger partial charge in [-0.3, -0.25) is 4.90 Å². The van der Waals surface area contributed by atoms with Crippen molar-refractivity contribution in [3.8, 4) is 0 Å². The second kappa shape index (κ2) is 4.97. The van der Waals surface area contributed by atoms with Crippen LogP contribution in [-0.2, 0) is 9.53 Å². The number of hydrogen-bond acceptors (Lipinski definition) is 3. The number of carbonyl (C=O) groups is 2. The van der Waals surface area contributed by atoms with Crippen LogP contribution in [0.3, 0.4) is 0 Å². The Morgan fingerprint density at radius 2 is 2.28 bits per heavy atom. The quantitative estimate of drug-likeness (QED) is 0.911. The van der Waals surface area contributed by atoms with Crippen molar-refractivity contribution in [1.29, 1.82) is 0 Å². The Kier molecular flexibility index (Phi) is 3.56. The molecule has 1 saturated heterocycles. The summed E-state index contributed by atoms with van der Waals surface area (Å²) in [5.74, 6) is -1.11. The zero-order chi connectivity index (χ0) is 13.3. The number of carbonyl (C=O) groups excluding carboxylic acids is 1. The number of carboxylic acids is 1. The van der Waals surface area contributed by atoms with Gasteiger partial charge < -0.3 is 9.84 Å². The zero-order valence-electron chi connectivity index (χ0n) is 9.72.